The number of rotatable bonds is 7. The molecule has 0 aliphatic rings. The van der Waals surface area contributed by atoms with Gasteiger partial charge in [-0.3, -0.25) is 4.79 Å². The molecule has 0 saturated heterocycles. The summed E-state index contributed by atoms with van der Waals surface area (Å²) in [6.45, 7) is 0.394. The Balaban J connectivity index is 1.51. The van der Waals surface area contributed by atoms with E-state index in [-0.39, 0.29) is 5.91 Å². The molecule has 0 aromatic heterocycles. The van der Waals surface area contributed by atoms with E-state index < -0.39 is 0 Å². The molecule has 3 aromatic rings. The van der Waals surface area contributed by atoms with Crippen LogP contribution in [0, 0.1) is 0 Å². The van der Waals surface area contributed by atoms with E-state index in [0.717, 1.165) is 16.9 Å². The summed E-state index contributed by atoms with van der Waals surface area (Å²) in [5, 5.41) is 4.66. The smallest absolute Gasteiger partial charge is 0.271 e. The minimum absolute atomic E-state index is 0.293. The molecule has 0 aliphatic heterocycles. The van der Waals surface area contributed by atoms with Gasteiger partial charge in [0.15, 0.2) is 0 Å². The number of ether oxygens (including phenoxy) is 2. The predicted octanol–water partition coefficient (Wildman–Crippen LogP) is 4.69. The number of nitrogens with one attached hydrogen (secondary N) is 1. The zero-order valence-electron chi connectivity index (χ0n) is 15.3. The maximum atomic E-state index is 12.0. The molecular formula is C22H19ClN2O3. The average molecular weight is 395 g/mol. The fourth-order valence-corrected chi connectivity index (χ4v) is 2.59. The van der Waals surface area contributed by atoms with Gasteiger partial charge in [-0.15, -0.1) is 0 Å². The maximum Gasteiger partial charge on any atom is 0.271 e. The summed E-state index contributed by atoms with van der Waals surface area (Å²) >= 11 is 6.12. The molecule has 3 aromatic carbocycles. The van der Waals surface area contributed by atoms with Gasteiger partial charge >= 0.3 is 0 Å². The lowest BCUT2D eigenvalue weighted by molar-refractivity contribution is 0.0955. The number of benzene rings is 3. The molecule has 0 spiro atoms. The molecule has 0 fully saturated rings. The van der Waals surface area contributed by atoms with Crippen LogP contribution < -0.4 is 14.9 Å². The minimum Gasteiger partial charge on any atom is -0.497 e. The fraction of sp³-hybridized carbons (Fsp3) is 0.0909. The van der Waals surface area contributed by atoms with Crippen molar-refractivity contribution in [1.82, 2.24) is 5.43 Å². The molecule has 1 amide bonds. The summed E-state index contributed by atoms with van der Waals surface area (Å²) in [6.07, 6.45) is 1.57. The first-order chi connectivity index (χ1) is 13.7. The number of hydrogen-bond donors (Lipinski definition) is 1. The highest BCUT2D eigenvalue weighted by Gasteiger charge is 2.04. The van der Waals surface area contributed by atoms with Gasteiger partial charge in [-0.25, -0.2) is 5.43 Å². The van der Waals surface area contributed by atoms with Gasteiger partial charge < -0.3 is 9.47 Å². The molecular weight excluding hydrogens is 376 g/mol. The Morgan fingerprint density at radius 3 is 2.36 bits per heavy atom. The Kier molecular flexibility index (Phi) is 6.65. The van der Waals surface area contributed by atoms with E-state index in [9.17, 15) is 4.79 Å². The quantitative estimate of drug-likeness (QED) is 0.467. The van der Waals surface area contributed by atoms with Gasteiger partial charge in [0.1, 0.15) is 18.1 Å². The fourth-order valence-electron chi connectivity index (χ4n) is 2.40. The zero-order chi connectivity index (χ0) is 19.8. The van der Waals surface area contributed by atoms with Crippen molar-refractivity contribution in [1.29, 1.82) is 0 Å². The van der Waals surface area contributed by atoms with Crippen molar-refractivity contribution in [3.05, 3.63) is 94.5 Å². The first-order valence-electron chi connectivity index (χ1n) is 8.59. The van der Waals surface area contributed by atoms with E-state index in [1.54, 1.807) is 37.6 Å². The first-order valence-corrected chi connectivity index (χ1v) is 8.97. The summed E-state index contributed by atoms with van der Waals surface area (Å²) in [7, 11) is 1.58. The maximum absolute atomic E-state index is 12.0. The van der Waals surface area contributed by atoms with Crippen molar-refractivity contribution in [2.45, 2.75) is 6.61 Å². The summed E-state index contributed by atoms with van der Waals surface area (Å²) in [4.78, 5) is 12.0. The number of carbonyl (C=O) groups is 1. The Morgan fingerprint density at radius 2 is 1.68 bits per heavy atom. The molecule has 0 unspecified atom stereocenters. The number of hydrogen-bond acceptors (Lipinski definition) is 4. The van der Waals surface area contributed by atoms with Crippen molar-refractivity contribution in [2.75, 3.05) is 7.11 Å². The molecule has 0 radical (unpaired) electrons. The minimum atomic E-state index is -0.293. The lowest BCUT2D eigenvalue weighted by Gasteiger charge is -2.07. The van der Waals surface area contributed by atoms with Crippen LogP contribution in [0.1, 0.15) is 21.5 Å². The van der Waals surface area contributed by atoms with Crippen molar-refractivity contribution < 1.29 is 14.3 Å². The third-order valence-corrected chi connectivity index (χ3v) is 4.33. The third-order valence-electron chi connectivity index (χ3n) is 3.96. The van der Waals surface area contributed by atoms with Crippen LogP contribution in [0.4, 0.5) is 0 Å². The van der Waals surface area contributed by atoms with E-state index in [2.05, 4.69) is 10.5 Å². The number of nitrogens with zero attached hydrogens (tertiary/aromatic N) is 1. The van der Waals surface area contributed by atoms with E-state index in [0.29, 0.717) is 22.9 Å². The van der Waals surface area contributed by atoms with Crippen LogP contribution in [0.5, 0.6) is 11.5 Å². The van der Waals surface area contributed by atoms with E-state index in [1.165, 1.54) is 0 Å². The standard InChI is InChI=1S/C22H19ClN2O3/c1-27-19-12-8-17(9-13-19)22(26)25-24-14-16-6-10-20(11-7-16)28-15-18-4-2-3-5-21(18)23/h2-14H,15H2,1H3,(H,25,26)/b24-14+. The van der Waals surface area contributed by atoms with Gasteiger partial charge in [-0.2, -0.15) is 5.10 Å². The van der Waals surface area contributed by atoms with Gasteiger partial charge in [0, 0.05) is 16.1 Å². The van der Waals surface area contributed by atoms with Crippen LogP contribution in [0.25, 0.3) is 0 Å². The highest BCUT2D eigenvalue weighted by Crippen LogP contribution is 2.18. The Hall–Kier alpha value is -3.31. The van der Waals surface area contributed by atoms with E-state index in [1.807, 2.05) is 48.5 Å². The molecule has 3 rings (SSSR count). The van der Waals surface area contributed by atoms with Crippen LogP contribution in [-0.4, -0.2) is 19.2 Å². The number of carbonyl (C=O) groups excluding carboxylic acids is 1. The Bertz CT molecular complexity index is 954. The molecule has 0 heterocycles. The number of methoxy groups -OCH3 is 1. The van der Waals surface area contributed by atoms with Crippen molar-refractivity contribution in [2.24, 2.45) is 5.10 Å². The van der Waals surface area contributed by atoms with Crippen LogP contribution >= 0.6 is 11.6 Å². The lowest BCUT2D eigenvalue weighted by atomic mass is 10.2. The Morgan fingerprint density at radius 1 is 1.00 bits per heavy atom. The monoisotopic (exact) mass is 394 g/mol. The first kappa shape index (κ1) is 19.5. The van der Waals surface area contributed by atoms with Crippen LogP contribution in [0.15, 0.2) is 77.9 Å². The second-order valence-corrected chi connectivity index (χ2v) is 6.28. The van der Waals surface area contributed by atoms with E-state index in [4.69, 9.17) is 21.1 Å². The summed E-state index contributed by atoms with van der Waals surface area (Å²) in [5.74, 6) is 1.12. The second-order valence-electron chi connectivity index (χ2n) is 5.88. The van der Waals surface area contributed by atoms with Crippen molar-refractivity contribution in [3.63, 3.8) is 0 Å². The van der Waals surface area contributed by atoms with Crippen LogP contribution in [0.2, 0.25) is 5.02 Å². The van der Waals surface area contributed by atoms with E-state index >= 15 is 0 Å². The van der Waals surface area contributed by atoms with Crippen molar-refractivity contribution >= 4 is 23.7 Å². The number of amides is 1. The summed E-state index contributed by atoms with van der Waals surface area (Å²) in [6, 6.07) is 21.7. The van der Waals surface area contributed by atoms with Crippen LogP contribution in [0.3, 0.4) is 0 Å². The molecule has 5 nitrogen and oxygen atoms in total. The molecule has 0 bridgehead atoms. The number of hydrazone groups is 1. The second kappa shape index (κ2) is 9.58. The largest absolute Gasteiger partial charge is 0.497 e. The van der Waals surface area contributed by atoms with Gasteiger partial charge in [-0.1, -0.05) is 29.8 Å². The van der Waals surface area contributed by atoms with Crippen LogP contribution in [-0.2, 0) is 6.61 Å². The summed E-state index contributed by atoms with van der Waals surface area (Å²) < 4.78 is 10.8. The molecule has 6 heteroatoms. The molecule has 142 valence electrons. The highest BCUT2D eigenvalue weighted by molar-refractivity contribution is 6.31. The third kappa shape index (κ3) is 5.34. The SMILES string of the molecule is COc1ccc(C(=O)N/N=C/c2ccc(OCc3ccccc3Cl)cc2)cc1. The topological polar surface area (TPSA) is 59.9 Å². The number of halogens is 1. The molecule has 0 aliphatic carbocycles. The van der Waals surface area contributed by atoms with Gasteiger partial charge in [-0.05, 0) is 60.2 Å². The highest BCUT2D eigenvalue weighted by atomic mass is 35.5. The molecule has 1 N–H and O–H groups in total. The zero-order valence-corrected chi connectivity index (χ0v) is 16.0. The summed E-state index contributed by atoms with van der Waals surface area (Å²) in [5.41, 5.74) is 4.76. The molecule has 28 heavy (non-hydrogen) atoms. The lowest BCUT2D eigenvalue weighted by Crippen LogP contribution is -2.17. The normalized spacial score (nSPS) is 10.6. The molecule has 0 atom stereocenters. The van der Waals surface area contributed by atoms with Gasteiger partial charge in [0.2, 0.25) is 0 Å². The molecule has 0 saturated carbocycles. The Labute approximate surface area is 168 Å². The van der Waals surface area contributed by atoms with Gasteiger partial charge in [0.05, 0.1) is 13.3 Å². The van der Waals surface area contributed by atoms with Crippen molar-refractivity contribution in [3.8, 4) is 11.5 Å². The average Bonchev–Trinajstić information content (AvgIpc) is 2.74. The van der Waals surface area contributed by atoms with Gasteiger partial charge in [0.25, 0.3) is 5.91 Å². The predicted molar refractivity (Wildman–Crippen MR) is 110 cm³/mol.